The number of ether oxygens (including phenoxy) is 1. The van der Waals surface area contributed by atoms with E-state index in [0.29, 0.717) is 17.9 Å². The zero-order chi connectivity index (χ0) is 24.5. The lowest BCUT2D eigenvalue weighted by Crippen LogP contribution is -2.20. The van der Waals surface area contributed by atoms with E-state index in [1.165, 1.54) is 0 Å². The van der Waals surface area contributed by atoms with E-state index < -0.39 is 11.5 Å². The van der Waals surface area contributed by atoms with Crippen LogP contribution in [0.4, 0.5) is 11.5 Å². The van der Waals surface area contributed by atoms with E-state index in [9.17, 15) is 9.59 Å². The van der Waals surface area contributed by atoms with Gasteiger partial charge in [-0.2, -0.15) is 0 Å². The van der Waals surface area contributed by atoms with Crippen LogP contribution in [-0.4, -0.2) is 27.7 Å². The fourth-order valence-electron chi connectivity index (χ4n) is 3.01. The molecule has 1 heterocycles. The first-order valence-electron chi connectivity index (χ1n) is 10.5. The molecule has 0 bridgehead atoms. The van der Waals surface area contributed by atoms with Gasteiger partial charge in [0.15, 0.2) is 5.82 Å². The van der Waals surface area contributed by atoms with Gasteiger partial charge in [-0.3, -0.25) is 4.79 Å². The highest BCUT2D eigenvalue weighted by Gasteiger charge is 2.14. The van der Waals surface area contributed by atoms with Crippen LogP contribution >= 0.6 is 0 Å². The maximum Gasteiger partial charge on any atom is 0.331 e. The van der Waals surface area contributed by atoms with Crippen molar-refractivity contribution in [2.24, 2.45) is 5.84 Å². The highest BCUT2D eigenvalue weighted by atomic mass is 16.5. The molecule has 0 aliphatic rings. The Hall–Kier alpha value is -4.11. The van der Waals surface area contributed by atoms with Gasteiger partial charge in [0.25, 0.3) is 5.56 Å². The van der Waals surface area contributed by atoms with Gasteiger partial charge in [-0.15, -0.1) is 0 Å². The number of hydrogen-bond donors (Lipinski definition) is 5. The SMILES string of the molecule is CC.CCOc1cc(-c2cccc(/C=C(/C)C(=O)O)c2)ccc1-c1nc(NN)c(N)c(=O)[nH]1. The van der Waals surface area contributed by atoms with Crippen molar-refractivity contribution in [3.05, 3.63) is 64.0 Å². The number of aromatic nitrogens is 2. The van der Waals surface area contributed by atoms with Crippen molar-refractivity contribution in [2.45, 2.75) is 27.7 Å². The summed E-state index contributed by atoms with van der Waals surface area (Å²) in [6.45, 7) is 7.79. The molecule has 7 N–H and O–H groups in total. The molecule has 1 aromatic heterocycles. The van der Waals surface area contributed by atoms with Crippen LogP contribution in [0.2, 0.25) is 0 Å². The number of nitrogens with zero attached hydrogens (tertiary/aromatic N) is 1. The molecule has 33 heavy (non-hydrogen) atoms. The molecule has 0 saturated carbocycles. The van der Waals surface area contributed by atoms with E-state index in [2.05, 4.69) is 15.4 Å². The normalized spacial score (nSPS) is 10.8. The molecule has 0 atom stereocenters. The Bertz CT molecular complexity index is 1220. The molecule has 3 aromatic rings. The van der Waals surface area contributed by atoms with Gasteiger partial charge in [-0.25, -0.2) is 15.6 Å². The molecule has 0 saturated heterocycles. The molecular weight excluding hydrogens is 422 g/mol. The molecule has 174 valence electrons. The zero-order valence-corrected chi connectivity index (χ0v) is 19.1. The number of rotatable bonds is 7. The van der Waals surface area contributed by atoms with Crippen LogP contribution in [0.3, 0.4) is 0 Å². The number of nitrogen functional groups attached to an aromatic ring is 2. The maximum atomic E-state index is 12.1. The van der Waals surface area contributed by atoms with Crippen molar-refractivity contribution in [3.8, 4) is 28.3 Å². The molecule has 9 nitrogen and oxygen atoms in total. The number of hydrogen-bond acceptors (Lipinski definition) is 7. The number of aromatic amines is 1. The van der Waals surface area contributed by atoms with Gasteiger partial charge in [0.2, 0.25) is 0 Å². The summed E-state index contributed by atoms with van der Waals surface area (Å²) in [6.07, 6.45) is 1.61. The molecule has 2 aromatic carbocycles. The fraction of sp³-hybridized carbons (Fsp3) is 0.208. The van der Waals surface area contributed by atoms with Crippen LogP contribution < -0.4 is 27.3 Å². The number of benzene rings is 2. The number of carbonyl (C=O) groups is 1. The van der Waals surface area contributed by atoms with Gasteiger partial charge in [-0.1, -0.05) is 38.1 Å². The summed E-state index contributed by atoms with van der Waals surface area (Å²) < 4.78 is 5.79. The van der Waals surface area contributed by atoms with Crippen LogP contribution in [0.1, 0.15) is 33.3 Å². The highest BCUT2D eigenvalue weighted by Crippen LogP contribution is 2.33. The van der Waals surface area contributed by atoms with Crippen molar-refractivity contribution in [1.29, 1.82) is 0 Å². The van der Waals surface area contributed by atoms with Crippen LogP contribution in [0.15, 0.2) is 52.8 Å². The fourth-order valence-corrected chi connectivity index (χ4v) is 3.01. The minimum Gasteiger partial charge on any atom is -0.493 e. The van der Waals surface area contributed by atoms with Crippen LogP contribution in [0, 0.1) is 0 Å². The predicted octanol–water partition coefficient (Wildman–Crippen LogP) is 3.88. The lowest BCUT2D eigenvalue weighted by molar-refractivity contribution is -0.132. The van der Waals surface area contributed by atoms with Crippen LogP contribution in [-0.2, 0) is 4.79 Å². The predicted molar refractivity (Wildman–Crippen MR) is 132 cm³/mol. The van der Waals surface area contributed by atoms with Crippen LogP contribution in [0.5, 0.6) is 5.75 Å². The highest BCUT2D eigenvalue weighted by molar-refractivity contribution is 5.91. The Morgan fingerprint density at radius 3 is 2.55 bits per heavy atom. The van der Waals surface area contributed by atoms with E-state index in [-0.39, 0.29) is 22.9 Å². The minimum absolute atomic E-state index is 0.0681. The first kappa shape index (κ1) is 25.2. The molecular formula is C24H29N5O4. The second-order valence-electron chi connectivity index (χ2n) is 6.72. The number of carboxylic acids is 1. The van der Waals surface area contributed by atoms with E-state index in [0.717, 1.165) is 16.7 Å². The van der Waals surface area contributed by atoms with Crippen molar-refractivity contribution >= 4 is 23.6 Å². The number of carboxylic acid groups (broad SMARTS) is 1. The van der Waals surface area contributed by atoms with Crippen molar-refractivity contribution in [1.82, 2.24) is 9.97 Å². The molecule has 0 aliphatic carbocycles. The van der Waals surface area contributed by atoms with Gasteiger partial charge >= 0.3 is 5.97 Å². The second-order valence-corrected chi connectivity index (χ2v) is 6.72. The third-order valence-electron chi connectivity index (χ3n) is 4.57. The van der Waals surface area contributed by atoms with E-state index in [4.69, 9.17) is 21.4 Å². The summed E-state index contributed by atoms with van der Waals surface area (Å²) in [5.74, 6) is 5.29. The number of anilines is 2. The standard InChI is InChI=1S/C22H23N5O4.C2H6/c1-3-31-17-11-15(14-6-4-5-13(10-14)9-12(2)22(29)30)7-8-16(17)19-25-20(27-24)18(23)21(28)26-19;1-2/h4-11H,3,23-24H2,1-2H3,(H,29,30)(H2,25,26,27,28);1-2H3/b12-9-;. The molecule has 0 fully saturated rings. The smallest absolute Gasteiger partial charge is 0.331 e. The number of nitrogens with two attached hydrogens (primary N) is 2. The van der Waals surface area contributed by atoms with Gasteiger partial charge in [0.05, 0.1) is 12.2 Å². The zero-order valence-electron chi connectivity index (χ0n) is 19.1. The summed E-state index contributed by atoms with van der Waals surface area (Å²) in [5, 5.41) is 9.10. The van der Waals surface area contributed by atoms with E-state index in [1.54, 1.807) is 19.1 Å². The summed E-state index contributed by atoms with van der Waals surface area (Å²) in [7, 11) is 0. The summed E-state index contributed by atoms with van der Waals surface area (Å²) in [4.78, 5) is 30.1. The molecule has 0 radical (unpaired) electrons. The Morgan fingerprint density at radius 1 is 1.21 bits per heavy atom. The third kappa shape index (κ3) is 5.98. The number of nitrogens with one attached hydrogen (secondary N) is 2. The Labute approximate surface area is 192 Å². The molecule has 0 spiro atoms. The molecule has 0 amide bonds. The molecule has 3 rings (SSSR count). The average Bonchev–Trinajstić information content (AvgIpc) is 2.82. The first-order valence-corrected chi connectivity index (χ1v) is 10.5. The number of aliphatic carboxylic acids is 1. The van der Waals surface area contributed by atoms with Crippen molar-refractivity contribution in [3.63, 3.8) is 0 Å². The lowest BCUT2D eigenvalue weighted by atomic mass is 10.00. The van der Waals surface area contributed by atoms with Gasteiger partial charge in [0, 0.05) is 5.57 Å². The summed E-state index contributed by atoms with van der Waals surface area (Å²) in [5.41, 5.74) is 10.7. The van der Waals surface area contributed by atoms with Gasteiger partial charge < -0.3 is 26.0 Å². The van der Waals surface area contributed by atoms with Crippen LogP contribution in [0.25, 0.3) is 28.6 Å². The Kier molecular flexibility index (Phi) is 8.76. The summed E-state index contributed by atoms with van der Waals surface area (Å²) in [6, 6.07) is 12.9. The maximum absolute atomic E-state index is 12.1. The van der Waals surface area contributed by atoms with Gasteiger partial charge in [0.1, 0.15) is 17.3 Å². The number of H-pyrrole nitrogens is 1. The van der Waals surface area contributed by atoms with Crippen molar-refractivity contribution in [2.75, 3.05) is 17.8 Å². The topological polar surface area (TPSA) is 156 Å². The quantitative estimate of drug-likeness (QED) is 0.206. The van der Waals surface area contributed by atoms with Crippen molar-refractivity contribution < 1.29 is 14.6 Å². The Balaban J connectivity index is 0.00000187. The molecule has 0 aliphatic heterocycles. The van der Waals surface area contributed by atoms with E-state index in [1.807, 2.05) is 57.2 Å². The first-order chi connectivity index (χ1) is 15.8. The monoisotopic (exact) mass is 451 g/mol. The molecule has 0 unspecified atom stereocenters. The number of hydrazine groups is 1. The third-order valence-corrected chi connectivity index (χ3v) is 4.57. The summed E-state index contributed by atoms with van der Waals surface area (Å²) >= 11 is 0. The van der Waals surface area contributed by atoms with Gasteiger partial charge in [-0.05, 0) is 54.8 Å². The average molecular weight is 452 g/mol. The molecule has 9 heteroatoms. The minimum atomic E-state index is -0.968. The largest absolute Gasteiger partial charge is 0.493 e. The lowest BCUT2D eigenvalue weighted by Gasteiger charge is -2.13. The Morgan fingerprint density at radius 2 is 1.91 bits per heavy atom. The van der Waals surface area contributed by atoms with E-state index >= 15 is 0 Å². The second kappa shape index (κ2) is 11.5.